The maximum Gasteiger partial charge on any atom is 0.234 e. The van der Waals surface area contributed by atoms with E-state index in [4.69, 9.17) is 0 Å². The number of fused-ring (bicyclic) bond motifs is 3. The van der Waals surface area contributed by atoms with E-state index in [-0.39, 0.29) is 11.7 Å². The minimum Gasteiger partial charge on any atom is -0.326 e. The molecule has 7 nitrogen and oxygen atoms in total. The molecule has 3 aromatic rings. The number of carbonyl (C=O) groups excluding carboxylic acids is 1. The number of hydrogen-bond acceptors (Lipinski definition) is 5. The molecule has 1 aliphatic rings. The lowest BCUT2D eigenvalue weighted by atomic mass is 9.81. The van der Waals surface area contributed by atoms with Crippen molar-refractivity contribution in [2.24, 2.45) is 0 Å². The van der Waals surface area contributed by atoms with Crippen molar-refractivity contribution >= 4 is 34.5 Å². The number of nitrogens with zero attached hydrogens (tertiary/aromatic N) is 5. The van der Waals surface area contributed by atoms with Gasteiger partial charge < -0.3 is 4.90 Å². The molecule has 0 atom stereocenters. The monoisotopic (exact) mass is 368 g/mol. The fourth-order valence-electron chi connectivity index (χ4n) is 3.66. The van der Waals surface area contributed by atoms with Gasteiger partial charge in [-0.3, -0.25) is 9.20 Å². The predicted octanol–water partition coefficient (Wildman–Crippen LogP) is 2.99. The molecule has 0 aliphatic heterocycles. The van der Waals surface area contributed by atoms with Crippen LogP contribution in [0.2, 0.25) is 0 Å². The van der Waals surface area contributed by atoms with Crippen LogP contribution in [-0.4, -0.2) is 48.7 Å². The summed E-state index contributed by atoms with van der Waals surface area (Å²) in [6, 6.07) is 10.2. The van der Waals surface area contributed by atoms with Gasteiger partial charge in [0.05, 0.1) is 22.9 Å². The van der Waals surface area contributed by atoms with E-state index in [0.29, 0.717) is 10.9 Å². The second-order valence-electron chi connectivity index (χ2n) is 6.71. The Labute approximate surface area is 155 Å². The van der Waals surface area contributed by atoms with Gasteiger partial charge in [0.2, 0.25) is 11.7 Å². The Morgan fingerprint density at radius 2 is 2.15 bits per heavy atom. The lowest BCUT2D eigenvalue weighted by Crippen LogP contribution is -2.50. The summed E-state index contributed by atoms with van der Waals surface area (Å²) in [6.07, 6.45) is 4.66. The molecule has 2 aromatic heterocycles. The number of nitrogens with one attached hydrogen (secondary N) is 1. The molecule has 0 spiro atoms. The molecule has 4 rings (SSSR count). The smallest absolute Gasteiger partial charge is 0.234 e. The SMILES string of the molecule is CN(C(=O)CSc1n[nH]c2nc3ccccc3n12)C1(C#N)CCCCC1. The third-order valence-corrected chi connectivity index (χ3v) is 6.16. The van der Waals surface area contributed by atoms with Crippen LogP contribution in [0.4, 0.5) is 0 Å². The second kappa shape index (κ2) is 6.65. The maximum absolute atomic E-state index is 12.7. The molecule has 0 saturated heterocycles. The summed E-state index contributed by atoms with van der Waals surface area (Å²) < 4.78 is 1.92. The van der Waals surface area contributed by atoms with E-state index in [9.17, 15) is 10.1 Å². The maximum atomic E-state index is 12.7. The number of amides is 1. The molecule has 134 valence electrons. The van der Waals surface area contributed by atoms with Crippen molar-refractivity contribution in [1.82, 2.24) is 24.5 Å². The fraction of sp³-hybridized carbons (Fsp3) is 0.444. The molecule has 0 radical (unpaired) electrons. The molecular formula is C18H20N6OS. The number of aromatic nitrogens is 4. The molecule has 1 amide bonds. The number of aromatic amines is 1. The van der Waals surface area contributed by atoms with Crippen LogP contribution in [0.25, 0.3) is 16.8 Å². The van der Waals surface area contributed by atoms with E-state index in [2.05, 4.69) is 21.3 Å². The molecule has 1 aliphatic carbocycles. The van der Waals surface area contributed by atoms with E-state index >= 15 is 0 Å². The largest absolute Gasteiger partial charge is 0.326 e. The standard InChI is InChI=1S/C18H20N6OS/c1-23(18(12-19)9-5-2-6-10-18)15(25)11-26-17-22-21-16-20-13-7-3-4-8-14(13)24(16)17/h3-4,7-8H,2,5-6,9-11H2,1H3,(H,20,21). The van der Waals surface area contributed by atoms with Crippen LogP contribution in [0.3, 0.4) is 0 Å². The Balaban J connectivity index is 1.53. The van der Waals surface area contributed by atoms with Crippen molar-refractivity contribution in [3.63, 3.8) is 0 Å². The Morgan fingerprint density at radius 1 is 1.38 bits per heavy atom. The normalized spacial score (nSPS) is 16.6. The number of thioether (sulfide) groups is 1. The van der Waals surface area contributed by atoms with E-state index in [1.54, 1.807) is 11.9 Å². The molecule has 0 unspecified atom stereocenters. The Hall–Kier alpha value is -2.53. The van der Waals surface area contributed by atoms with Gasteiger partial charge in [0.15, 0.2) is 5.16 Å². The summed E-state index contributed by atoms with van der Waals surface area (Å²) in [5.74, 6) is 0.862. The molecule has 1 aromatic carbocycles. The van der Waals surface area contributed by atoms with E-state index < -0.39 is 5.54 Å². The van der Waals surface area contributed by atoms with Crippen LogP contribution < -0.4 is 0 Å². The summed E-state index contributed by atoms with van der Waals surface area (Å²) in [7, 11) is 1.75. The van der Waals surface area contributed by atoms with Crippen molar-refractivity contribution in [1.29, 1.82) is 5.26 Å². The Morgan fingerprint density at radius 3 is 2.92 bits per heavy atom. The average Bonchev–Trinajstić information content (AvgIpc) is 3.25. The third-order valence-electron chi connectivity index (χ3n) is 5.23. The quantitative estimate of drug-likeness (QED) is 0.715. The Bertz CT molecular complexity index is 994. The zero-order valence-corrected chi connectivity index (χ0v) is 15.4. The minimum absolute atomic E-state index is 0.0426. The van der Waals surface area contributed by atoms with Gasteiger partial charge >= 0.3 is 0 Å². The zero-order valence-electron chi connectivity index (χ0n) is 14.6. The number of imidazole rings is 1. The highest BCUT2D eigenvalue weighted by Crippen LogP contribution is 2.33. The molecule has 8 heteroatoms. The second-order valence-corrected chi connectivity index (χ2v) is 7.65. The van der Waals surface area contributed by atoms with Crippen molar-refractivity contribution in [3.8, 4) is 6.07 Å². The summed E-state index contributed by atoms with van der Waals surface area (Å²) in [6.45, 7) is 0. The number of para-hydroxylation sites is 2. The molecule has 26 heavy (non-hydrogen) atoms. The van der Waals surface area contributed by atoms with Gasteiger partial charge in [0.25, 0.3) is 0 Å². The molecule has 1 N–H and O–H groups in total. The molecule has 2 heterocycles. The molecule has 0 bridgehead atoms. The number of hydrogen-bond donors (Lipinski definition) is 1. The van der Waals surface area contributed by atoms with Crippen molar-refractivity contribution in [2.45, 2.75) is 42.8 Å². The molecule has 1 saturated carbocycles. The number of H-pyrrole nitrogens is 1. The first-order chi connectivity index (χ1) is 12.6. The highest BCUT2D eigenvalue weighted by molar-refractivity contribution is 7.99. The lowest BCUT2D eigenvalue weighted by Gasteiger charge is -2.39. The Kier molecular flexibility index (Phi) is 4.32. The first-order valence-corrected chi connectivity index (χ1v) is 9.75. The van der Waals surface area contributed by atoms with Crippen molar-refractivity contribution in [2.75, 3.05) is 12.8 Å². The van der Waals surface area contributed by atoms with Gasteiger partial charge in [-0.2, -0.15) is 5.26 Å². The van der Waals surface area contributed by atoms with Crippen LogP contribution >= 0.6 is 11.8 Å². The molecular weight excluding hydrogens is 348 g/mol. The zero-order chi connectivity index (χ0) is 18.1. The van der Waals surface area contributed by atoms with Gasteiger partial charge in [-0.1, -0.05) is 43.2 Å². The fourth-order valence-corrected chi connectivity index (χ4v) is 4.53. The first-order valence-electron chi connectivity index (χ1n) is 8.77. The first kappa shape index (κ1) is 16.9. The number of benzene rings is 1. The van der Waals surface area contributed by atoms with Gasteiger partial charge in [0.1, 0.15) is 5.54 Å². The van der Waals surface area contributed by atoms with Crippen molar-refractivity contribution < 1.29 is 4.79 Å². The summed E-state index contributed by atoms with van der Waals surface area (Å²) in [5, 5.41) is 17.6. The summed E-state index contributed by atoms with van der Waals surface area (Å²) >= 11 is 1.37. The van der Waals surface area contributed by atoms with Gasteiger partial charge in [-0.05, 0) is 25.0 Å². The predicted molar refractivity (Wildman–Crippen MR) is 99.8 cm³/mol. The average molecular weight is 368 g/mol. The highest BCUT2D eigenvalue weighted by Gasteiger charge is 2.38. The molecule has 1 fully saturated rings. The van der Waals surface area contributed by atoms with Crippen LogP contribution in [-0.2, 0) is 4.79 Å². The van der Waals surface area contributed by atoms with Gasteiger partial charge in [-0.25, -0.2) is 10.1 Å². The lowest BCUT2D eigenvalue weighted by molar-refractivity contribution is -0.131. The van der Waals surface area contributed by atoms with E-state index in [1.807, 2.05) is 28.7 Å². The minimum atomic E-state index is -0.654. The number of rotatable bonds is 4. The number of nitriles is 1. The van der Waals surface area contributed by atoms with E-state index in [1.165, 1.54) is 11.8 Å². The van der Waals surface area contributed by atoms with Gasteiger partial charge in [-0.15, -0.1) is 5.10 Å². The van der Waals surface area contributed by atoms with Crippen LogP contribution in [0, 0.1) is 11.3 Å². The summed E-state index contributed by atoms with van der Waals surface area (Å²) in [5.41, 5.74) is 1.19. The third kappa shape index (κ3) is 2.72. The van der Waals surface area contributed by atoms with Crippen LogP contribution in [0.5, 0.6) is 0 Å². The highest BCUT2D eigenvalue weighted by atomic mass is 32.2. The summed E-state index contributed by atoms with van der Waals surface area (Å²) in [4.78, 5) is 18.9. The van der Waals surface area contributed by atoms with Crippen LogP contribution in [0.15, 0.2) is 29.4 Å². The van der Waals surface area contributed by atoms with Gasteiger partial charge in [0, 0.05) is 7.05 Å². The van der Waals surface area contributed by atoms with E-state index in [0.717, 1.165) is 43.1 Å². The van der Waals surface area contributed by atoms with Crippen molar-refractivity contribution in [3.05, 3.63) is 24.3 Å². The van der Waals surface area contributed by atoms with Crippen LogP contribution in [0.1, 0.15) is 32.1 Å². The number of carbonyl (C=O) groups is 1. The topological polar surface area (TPSA) is 90.1 Å².